The highest BCUT2D eigenvalue weighted by Crippen LogP contribution is 2.38. The lowest BCUT2D eigenvalue weighted by atomic mass is 10.0. The quantitative estimate of drug-likeness (QED) is 0.163. The standard InChI is InChI=1S/C33H29ClFN5O3/c34-26-8-2-6-20-5-1-7-24(28(20)26)30-29(35)31-25(15-36-30)32(40-16-22-10-11-23(17-40)37-22)39-33(38-31)43-13-3-4-19-9-12-27(42)21(14-19)18-41/h1-2,5-9,12,14-15,18,22-23,37,42H,3-4,10-11,13,16-17H2/t22-,23+. The van der Waals surface area contributed by atoms with Crippen LogP contribution in [0, 0.1) is 5.82 Å². The number of aryl methyl sites for hydroxylation is 1. The minimum atomic E-state index is -0.554. The van der Waals surface area contributed by atoms with Crippen LogP contribution in [0.1, 0.15) is 35.2 Å². The number of phenols is 1. The molecule has 5 aromatic rings. The highest BCUT2D eigenvalue weighted by atomic mass is 35.5. The van der Waals surface area contributed by atoms with Crippen molar-refractivity contribution in [2.75, 3.05) is 24.6 Å². The lowest BCUT2D eigenvalue weighted by molar-refractivity contribution is 0.112. The molecule has 0 radical (unpaired) electrons. The predicted molar refractivity (Wildman–Crippen MR) is 165 cm³/mol. The molecule has 2 fully saturated rings. The summed E-state index contributed by atoms with van der Waals surface area (Å²) in [5.41, 5.74) is 2.05. The maximum absolute atomic E-state index is 16.5. The van der Waals surface area contributed by atoms with E-state index >= 15 is 4.39 Å². The number of benzene rings is 3. The van der Waals surface area contributed by atoms with Crippen LogP contribution >= 0.6 is 11.6 Å². The van der Waals surface area contributed by atoms with Gasteiger partial charge < -0.3 is 20.1 Å². The summed E-state index contributed by atoms with van der Waals surface area (Å²) < 4.78 is 22.5. The largest absolute Gasteiger partial charge is 0.507 e. The Hall–Kier alpha value is -4.34. The van der Waals surface area contributed by atoms with E-state index in [0.717, 1.165) is 42.3 Å². The molecule has 43 heavy (non-hydrogen) atoms. The Bertz CT molecular complexity index is 1850. The van der Waals surface area contributed by atoms with Crippen LogP contribution in [0.2, 0.25) is 5.02 Å². The number of anilines is 1. The number of rotatable bonds is 8. The Balaban J connectivity index is 1.25. The van der Waals surface area contributed by atoms with Gasteiger partial charge >= 0.3 is 6.01 Å². The molecule has 10 heteroatoms. The lowest BCUT2D eigenvalue weighted by Gasteiger charge is -2.34. The monoisotopic (exact) mass is 597 g/mol. The number of halogens is 2. The minimum Gasteiger partial charge on any atom is -0.507 e. The van der Waals surface area contributed by atoms with Crippen LogP contribution < -0.4 is 15.0 Å². The maximum atomic E-state index is 16.5. The first-order valence-electron chi connectivity index (χ1n) is 14.4. The van der Waals surface area contributed by atoms with Gasteiger partial charge in [-0.2, -0.15) is 9.97 Å². The molecule has 2 aromatic heterocycles. The second kappa shape index (κ2) is 11.4. The number of pyridine rings is 1. The number of piperazine rings is 1. The zero-order valence-electron chi connectivity index (χ0n) is 23.3. The van der Waals surface area contributed by atoms with Crippen LogP contribution in [-0.4, -0.2) is 58.1 Å². The molecule has 2 saturated heterocycles. The highest BCUT2D eigenvalue weighted by Gasteiger charge is 2.34. The third-order valence-electron chi connectivity index (χ3n) is 8.33. The number of carbonyl (C=O) groups is 1. The number of nitrogens with one attached hydrogen (secondary N) is 1. The van der Waals surface area contributed by atoms with Gasteiger partial charge in [0.15, 0.2) is 12.1 Å². The van der Waals surface area contributed by atoms with E-state index in [4.69, 9.17) is 21.3 Å². The number of aldehydes is 1. The Morgan fingerprint density at radius 3 is 2.67 bits per heavy atom. The van der Waals surface area contributed by atoms with Crippen molar-refractivity contribution >= 4 is 45.4 Å². The first kappa shape index (κ1) is 27.5. The van der Waals surface area contributed by atoms with Gasteiger partial charge in [-0.05, 0) is 54.8 Å². The smallest absolute Gasteiger partial charge is 0.319 e. The molecular weight excluding hydrogens is 569 g/mol. The van der Waals surface area contributed by atoms with Gasteiger partial charge in [-0.15, -0.1) is 0 Å². The van der Waals surface area contributed by atoms with Crippen LogP contribution in [0.3, 0.4) is 0 Å². The molecule has 3 aromatic carbocycles. The average molecular weight is 598 g/mol. The Morgan fingerprint density at radius 1 is 1.09 bits per heavy atom. The number of nitrogens with zero attached hydrogens (tertiary/aromatic N) is 4. The number of phenolic OH excluding ortho intramolecular Hbond substituents is 1. The zero-order chi connectivity index (χ0) is 29.5. The van der Waals surface area contributed by atoms with Crippen LogP contribution in [0.4, 0.5) is 10.2 Å². The lowest BCUT2D eigenvalue weighted by Crippen LogP contribution is -2.51. The van der Waals surface area contributed by atoms with Gasteiger partial charge in [-0.25, -0.2) is 4.39 Å². The molecule has 8 nitrogen and oxygen atoms in total. The second-order valence-corrected chi connectivity index (χ2v) is 11.6. The molecule has 0 unspecified atom stereocenters. The van der Waals surface area contributed by atoms with Crippen molar-refractivity contribution in [2.45, 2.75) is 37.8 Å². The third-order valence-corrected chi connectivity index (χ3v) is 8.64. The van der Waals surface area contributed by atoms with Gasteiger partial charge in [-0.3, -0.25) is 9.78 Å². The molecule has 2 aliphatic rings. The van der Waals surface area contributed by atoms with E-state index in [1.807, 2.05) is 30.3 Å². The molecule has 4 heterocycles. The number of hydrogen-bond acceptors (Lipinski definition) is 8. The van der Waals surface area contributed by atoms with Crippen LogP contribution in [-0.2, 0) is 6.42 Å². The number of aromatic hydroxyl groups is 1. The van der Waals surface area contributed by atoms with Gasteiger partial charge in [0.1, 0.15) is 22.8 Å². The van der Waals surface area contributed by atoms with Crippen molar-refractivity contribution in [3.05, 3.63) is 82.8 Å². The molecule has 0 aliphatic carbocycles. The van der Waals surface area contributed by atoms with E-state index in [2.05, 4.69) is 20.2 Å². The summed E-state index contributed by atoms with van der Waals surface area (Å²) in [6, 6.07) is 17.0. The molecule has 0 spiro atoms. The Labute approximate surface area is 252 Å². The number of hydrogen-bond donors (Lipinski definition) is 2. The van der Waals surface area contributed by atoms with Gasteiger partial charge in [0.25, 0.3) is 0 Å². The average Bonchev–Trinajstić information content (AvgIpc) is 3.36. The molecular formula is C33H29ClFN5O3. The van der Waals surface area contributed by atoms with Crippen molar-refractivity contribution in [1.29, 1.82) is 0 Å². The number of fused-ring (bicyclic) bond motifs is 4. The van der Waals surface area contributed by atoms with Crippen molar-refractivity contribution in [2.24, 2.45) is 0 Å². The molecule has 2 bridgehead atoms. The van der Waals surface area contributed by atoms with E-state index < -0.39 is 5.82 Å². The minimum absolute atomic E-state index is 0.0462. The van der Waals surface area contributed by atoms with Crippen molar-refractivity contribution in [1.82, 2.24) is 20.3 Å². The molecule has 7 rings (SSSR count). The van der Waals surface area contributed by atoms with Crippen LogP contribution in [0.15, 0.2) is 60.8 Å². The number of aromatic nitrogens is 3. The fourth-order valence-corrected chi connectivity index (χ4v) is 6.55. The summed E-state index contributed by atoms with van der Waals surface area (Å²) in [4.78, 5) is 27.3. The molecule has 2 N–H and O–H groups in total. The molecule has 0 amide bonds. The normalized spacial score (nSPS) is 18.0. The summed E-state index contributed by atoms with van der Waals surface area (Å²) in [6.45, 7) is 1.79. The fraction of sp³-hybridized carbons (Fsp3) is 0.273. The van der Waals surface area contributed by atoms with E-state index in [1.54, 1.807) is 24.4 Å². The summed E-state index contributed by atoms with van der Waals surface area (Å²) in [7, 11) is 0. The van der Waals surface area contributed by atoms with Crippen LogP contribution in [0.5, 0.6) is 11.8 Å². The van der Waals surface area contributed by atoms with E-state index in [1.165, 1.54) is 6.07 Å². The molecule has 0 saturated carbocycles. The van der Waals surface area contributed by atoms with Crippen molar-refractivity contribution in [3.63, 3.8) is 0 Å². The van der Waals surface area contributed by atoms with Crippen LogP contribution in [0.25, 0.3) is 32.9 Å². The summed E-state index contributed by atoms with van der Waals surface area (Å²) in [5.74, 6) is 0.0126. The van der Waals surface area contributed by atoms with Gasteiger partial charge in [0.05, 0.1) is 17.6 Å². The number of ether oxygens (including phenoxy) is 1. The fourth-order valence-electron chi connectivity index (χ4n) is 6.27. The molecule has 218 valence electrons. The zero-order valence-corrected chi connectivity index (χ0v) is 24.0. The van der Waals surface area contributed by atoms with Gasteiger partial charge in [0, 0.05) is 47.3 Å². The Kier molecular flexibility index (Phi) is 7.28. The Morgan fingerprint density at radius 2 is 1.88 bits per heavy atom. The third kappa shape index (κ3) is 5.23. The SMILES string of the molecule is O=Cc1cc(CCCOc2nc(N3C[C@H]4CC[C@@H](C3)N4)c3cnc(-c4cccc5cccc(Cl)c45)c(F)c3n2)ccc1O. The predicted octanol–water partition coefficient (Wildman–Crippen LogP) is 6.11. The van der Waals surface area contributed by atoms with Gasteiger partial charge in [-0.1, -0.05) is 48.0 Å². The van der Waals surface area contributed by atoms with Crippen molar-refractivity contribution < 1.29 is 19.0 Å². The topological polar surface area (TPSA) is 100 Å². The summed E-state index contributed by atoms with van der Waals surface area (Å²) in [6.07, 6.45) is 5.70. The van der Waals surface area contributed by atoms with E-state index in [9.17, 15) is 9.90 Å². The van der Waals surface area contributed by atoms with Crippen molar-refractivity contribution in [3.8, 4) is 23.0 Å². The first-order valence-corrected chi connectivity index (χ1v) is 14.8. The molecule has 2 aliphatic heterocycles. The second-order valence-electron chi connectivity index (χ2n) is 11.2. The van der Waals surface area contributed by atoms with Gasteiger partial charge in [0.2, 0.25) is 0 Å². The van der Waals surface area contributed by atoms with E-state index in [-0.39, 0.29) is 35.1 Å². The van der Waals surface area contributed by atoms with E-state index in [0.29, 0.717) is 53.0 Å². The summed E-state index contributed by atoms with van der Waals surface area (Å²) in [5, 5.41) is 16.1. The highest BCUT2D eigenvalue weighted by molar-refractivity contribution is 6.36. The number of carbonyl (C=O) groups excluding carboxylic acids is 1. The summed E-state index contributed by atoms with van der Waals surface area (Å²) >= 11 is 6.57. The molecule has 2 atom stereocenters. The first-order chi connectivity index (χ1) is 21.0. The maximum Gasteiger partial charge on any atom is 0.319 e.